The third-order valence-corrected chi connectivity index (χ3v) is 5.67. The summed E-state index contributed by atoms with van der Waals surface area (Å²) in [6.07, 6.45) is 3.47. The fourth-order valence-corrected chi connectivity index (χ4v) is 4.32. The topological polar surface area (TPSA) is 65.1 Å². The SMILES string of the molecule is COC(=O)[C@@H]1[C@H]2C(=O)N([C@@H](C)c3ccc(OC)cc3)C[C@]23C=C[C@H]1O3. The summed E-state index contributed by atoms with van der Waals surface area (Å²) >= 11 is 0. The maximum absolute atomic E-state index is 13.1. The van der Waals surface area contributed by atoms with Gasteiger partial charge in [-0.1, -0.05) is 24.3 Å². The Kier molecular flexibility index (Phi) is 3.61. The number of carbonyl (C=O) groups is 2. The normalized spacial score (nSPS) is 33.5. The highest BCUT2D eigenvalue weighted by atomic mass is 16.5. The van der Waals surface area contributed by atoms with Gasteiger partial charge in [0.05, 0.1) is 38.8 Å². The molecule has 6 heteroatoms. The molecule has 4 rings (SSSR count). The lowest BCUT2D eigenvalue weighted by molar-refractivity contribution is -0.151. The average Bonchev–Trinajstić information content (AvgIpc) is 3.29. The van der Waals surface area contributed by atoms with Crippen molar-refractivity contribution in [3.05, 3.63) is 42.0 Å². The van der Waals surface area contributed by atoms with Crippen molar-refractivity contribution in [3.63, 3.8) is 0 Å². The number of ether oxygens (including phenoxy) is 3. The van der Waals surface area contributed by atoms with Gasteiger partial charge in [0.1, 0.15) is 17.3 Å². The fourth-order valence-electron chi connectivity index (χ4n) is 4.32. The highest BCUT2D eigenvalue weighted by Gasteiger charge is 2.67. The Morgan fingerprint density at radius 3 is 2.68 bits per heavy atom. The van der Waals surface area contributed by atoms with Crippen LogP contribution in [0.3, 0.4) is 0 Å². The predicted octanol–water partition coefficient (Wildman–Crippen LogP) is 1.71. The smallest absolute Gasteiger partial charge is 0.312 e. The first kappa shape index (κ1) is 16.1. The maximum atomic E-state index is 13.1. The Morgan fingerprint density at radius 1 is 1.32 bits per heavy atom. The summed E-state index contributed by atoms with van der Waals surface area (Å²) in [5.74, 6) is -0.722. The molecule has 25 heavy (non-hydrogen) atoms. The van der Waals surface area contributed by atoms with E-state index in [-0.39, 0.29) is 24.0 Å². The minimum Gasteiger partial charge on any atom is -0.497 e. The second-order valence-corrected chi connectivity index (χ2v) is 6.84. The summed E-state index contributed by atoms with van der Waals surface area (Å²) in [6.45, 7) is 2.44. The third-order valence-electron chi connectivity index (χ3n) is 5.67. The van der Waals surface area contributed by atoms with E-state index in [1.165, 1.54) is 7.11 Å². The number of amides is 1. The minimum atomic E-state index is -0.707. The van der Waals surface area contributed by atoms with E-state index in [4.69, 9.17) is 14.2 Å². The van der Waals surface area contributed by atoms with Crippen molar-refractivity contribution in [1.82, 2.24) is 4.90 Å². The molecule has 3 heterocycles. The van der Waals surface area contributed by atoms with Gasteiger partial charge in [0.25, 0.3) is 0 Å². The molecule has 3 aliphatic heterocycles. The lowest BCUT2D eigenvalue weighted by Crippen LogP contribution is -2.39. The van der Waals surface area contributed by atoms with Crippen LogP contribution in [0.25, 0.3) is 0 Å². The third kappa shape index (κ3) is 2.20. The Labute approximate surface area is 146 Å². The van der Waals surface area contributed by atoms with Gasteiger partial charge in [-0.15, -0.1) is 0 Å². The highest BCUT2D eigenvalue weighted by molar-refractivity contribution is 5.91. The monoisotopic (exact) mass is 343 g/mol. The van der Waals surface area contributed by atoms with Crippen LogP contribution in [0.4, 0.5) is 0 Å². The zero-order valence-electron chi connectivity index (χ0n) is 14.5. The second kappa shape index (κ2) is 5.59. The number of benzene rings is 1. The maximum Gasteiger partial charge on any atom is 0.312 e. The van der Waals surface area contributed by atoms with Gasteiger partial charge in [-0.3, -0.25) is 9.59 Å². The number of esters is 1. The average molecular weight is 343 g/mol. The van der Waals surface area contributed by atoms with Gasteiger partial charge in [-0.2, -0.15) is 0 Å². The van der Waals surface area contributed by atoms with Gasteiger partial charge >= 0.3 is 5.97 Å². The van der Waals surface area contributed by atoms with Gasteiger partial charge in [0.2, 0.25) is 5.91 Å². The molecule has 1 amide bonds. The number of hydrogen-bond donors (Lipinski definition) is 0. The Hall–Kier alpha value is -2.34. The van der Waals surface area contributed by atoms with E-state index in [9.17, 15) is 9.59 Å². The summed E-state index contributed by atoms with van der Waals surface area (Å²) in [6, 6.07) is 7.55. The van der Waals surface area contributed by atoms with Crippen molar-refractivity contribution in [1.29, 1.82) is 0 Å². The summed E-state index contributed by atoms with van der Waals surface area (Å²) in [5.41, 5.74) is 0.306. The predicted molar refractivity (Wildman–Crippen MR) is 88.9 cm³/mol. The van der Waals surface area contributed by atoms with Crippen LogP contribution >= 0.6 is 0 Å². The first-order valence-corrected chi connectivity index (χ1v) is 8.40. The van der Waals surface area contributed by atoms with Gasteiger partial charge in [-0.05, 0) is 24.6 Å². The first-order chi connectivity index (χ1) is 12.0. The molecular weight excluding hydrogens is 322 g/mol. The molecule has 1 aromatic rings. The van der Waals surface area contributed by atoms with Crippen molar-refractivity contribution in [2.45, 2.75) is 24.7 Å². The highest BCUT2D eigenvalue weighted by Crippen LogP contribution is 2.53. The molecule has 0 saturated carbocycles. The molecule has 2 saturated heterocycles. The van der Waals surface area contributed by atoms with Crippen LogP contribution in [-0.4, -0.2) is 49.2 Å². The number of rotatable bonds is 4. The van der Waals surface area contributed by atoms with Crippen molar-refractivity contribution < 1.29 is 23.8 Å². The molecule has 0 unspecified atom stereocenters. The van der Waals surface area contributed by atoms with E-state index in [1.807, 2.05) is 43.3 Å². The van der Waals surface area contributed by atoms with Crippen LogP contribution in [0.2, 0.25) is 0 Å². The lowest BCUT2D eigenvalue weighted by atomic mass is 9.77. The van der Waals surface area contributed by atoms with Crippen molar-refractivity contribution in [2.75, 3.05) is 20.8 Å². The van der Waals surface area contributed by atoms with Crippen LogP contribution in [-0.2, 0) is 19.1 Å². The lowest BCUT2D eigenvalue weighted by Gasteiger charge is -2.27. The molecule has 2 fully saturated rings. The minimum absolute atomic E-state index is 0.0504. The van der Waals surface area contributed by atoms with Gasteiger partial charge in [0.15, 0.2) is 0 Å². The molecule has 132 valence electrons. The van der Waals surface area contributed by atoms with Crippen molar-refractivity contribution >= 4 is 11.9 Å². The molecule has 1 spiro atoms. The van der Waals surface area contributed by atoms with Crippen LogP contribution in [0.1, 0.15) is 18.5 Å². The number of nitrogens with zero attached hydrogens (tertiary/aromatic N) is 1. The van der Waals surface area contributed by atoms with E-state index in [1.54, 1.807) is 12.0 Å². The van der Waals surface area contributed by atoms with Crippen LogP contribution in [0.5, 0.6) is 5.75 Å². The van der Waals surface area contributed by atoms with E-state index in [0.717, 1.165) is 11.3 Å². The molecule has 0 N–H and O–H groups in total. The fraction of sp³-hybridized carbons (Fsp3) is 0.474. The van der Waals surface area contributed by atoms with Gasteiger partial charge in [0, 0.05) is 0 Å². The Morgan fingerprint density at radius 2 is 2.04 bits per heavy atom. The van der Waals surface area contributed by atoms with Crippen LogP contribution in [0, 0.1) is 11.8 Å². The van der Waals surface area contributed by atoms with E-state index >= 15 is 0 Å². The summed E-state index contributed by atoms with van der Waals surface area (Å²) in [5, 5.41) is 0. The molecule has 0 aliphatic carbocycles. The molecular formula is C19H21NO5. The molecule has 2 bridgehead atoms. The molecule has 5 atom stereocenters. The van der Waals surface area contributed by atoms with Crippen molar-refractivity contribution in [3.8, 4) is 5.75 Å². The number of carbonyl (C=O) groups excluding carboxylic acids is 2. The number of hydrogen-bond acceptors (Lipinski definition) is 5. The second-order valence-electron chi connectivity index (χ2n) is 6.84. The largest absolute Gasteiger partial charge is 0.497 e. The standard InChI is InChI=1S/C19H21NO5/c1-11(12-4-6-13(23-2)7-5-12)20-10-19-9-8-14(25-19)15(18(22)24-3)16(19)17(20)21/h4-9,11,14-16H,10H2,1-3H3/t11-,14+,15-,16-,19+/m0/s1. The molecule has 3 aliphatic rings. The summed E-state index contributed by atoms with van der Waals surface area (Å²) in [4.78, 5) is 27.1. The Bertz CT molecular complexity index is 743. The number of likely N-dealkylation sites (tertiary alicyclic amines) is 1. The summed E-state index contributed by atoms with van der Waals surface area (Å²) < 4.78 is 16.1. The van der Waals surface area contributed by atoms with Gasteiger partial charge in [-0.25, -0.2) is 0 Å². The van der Waals surface area contributed by atoms with E-state index in [0.29, 0.717) is 6.54 Å². The Balaban J connectivity index is 1.62. The van der Waals surface area contributed by atoms with Crippen molar-refractivity contribution in [2.24, 2.45) is 11.8 Å². The number of fused-ring (bicyclic) bond motifs is 1. The molecule has 1 aromatic carbocycles. The first-order valence-electron chi connectivity index (χ1n) is 8.40. The quantitative estimate of drug-likeness (QED) is 0.615. The van der Waals surface area contributed by atoms with Gasteiger partial charge < -0.3 is 19.1 Å². The van der Waals surface area contributed by atoms with Crippen LogP contribution in [0.15, 0.2) is 36.4 Å². The van der Waals surface area contributed by atoms with Crippen LogP contribution < -0.4 is 4.74 Å². The number of methoxy groups -OCH3 is 2. The van der Waals surface area contributed by atoms with E-state index in [2.05, 4.69) is 0 Å². The zero-order valence-corrected chi connectivity index (χ0v) is 14.5. The zero-order chi connectivity index (χ0) is 17.8. The molecule has 0 radical (unpaired) electrons. The molecule has 0 aromatic heterocycles. The molecule has 6 nitrogen and oxygen atoms in total. The van der Waals surface area contributed by atoms with E-state index < -0.39 is 17.4 Å². The summed E-state index contributed by atoms with van der Waals surface area (Å²) in [7, 11) is 2.97.